The lowest BCUT2D eigenvalue weighted by Crippen LogP contribution is -2.19. The molecule has 0 fully saturated rings. The summed E-state index contributed by atoms with van der Waals surface area (Å²) in [6.07, 6.45) is 3.64. The van der Waals surface area contributed by atoms with Crippen LogP contribution in [0.15, 0.2) is 18.3 Å². The summed E-state index contributed by atoms with van der Waals surface area (Å²) in [7, 11) is 0. The second-order valence-corrected chi connectivity index (χ2v) is 5.01. The number of aromatic nitrogens is 1. The average Bonchev–Trinajstić information content (AvgIpc) is 2.26. The average molecular weight is 257 g/mol. The number of hydrogen-bond donors (Lipinski definition) is 1. The van der Waals surface area contributed by atoms with Gasteiger partial charge in [0.05, 0.1) is 6.61 Å². The number of anilines is 1. The summed E-state index contributed by atoms with van der Waals surface area (Å²) in [5.41, 5.74) is 0. The smallest absolute Gasteiger partial charge is 0.168 e. The Kier molecular flexibility index (Phi) is 6.12. The Labute approximate surface area is 109 Å². The van der Waals surface area contributed by atoms with Crippen molar-refractivity contribution >= 4 is 17.4 Å². The predicted octanol–water partition coefficient (Wildman–Crippen LogP) is 3.69. The molecule has 3 nitrogen and oxygen atoms in total. The van der Waals surface area contributed by atoms with E-state index >= 15 is 0 Å². The quantitative estimate of drug-likeness (QED) is 0.756. The maximum absolute atomic E-state index is 5.97. The molecule has 2 unspecified atom stereocenters. The van der Waals surface area contributed by atoms with Crippen LogP contribution in [0.3, 0.4) is 0 Å². The molecule has 0 aromatic carbocycles. The standard InChI is InChI=1S/C13H21ClN2O/c1-4-8-17-12-6-5-7-15-13(12)16-11(3)9-10(2)14/h5-7,10-11H,4,8-9H2,1-3H3,(H,15,16). The first kappa shape index (κ1) is 14.1. The summed E-state index contributed by atoms with van der Waals surface area (Å²) >= 11 is 5.97. The zero-order valence-corrected chi connectivity index (χ0v) is 11.5. The molecule has 1 N–H and O–H groups in total. The molecule has 0 aliphatic rings. The number of nitrogens with zero attached hydrogens (tertiary/aromatic N) is 1. The maximum atomic E-state index is 5.97. The van der Waals surface area contributed by atoms with Crippen LogP contribution in [0.25, 0.3) is 0 Å². The van der Waals surface area contributed by atoms with Crippen molar-refractivity contribution in [3.8, 4) is 5.75 Å². The van der Waals surface area contributed by atoms with Gasteiger partial charge in [-0.2, -0.15) is 0 Å². The minimum atomic E-state index is 0.154. The molecule has 96 valence electrons. The Bertz CT molecular complexity index is 331. The Morgan fingerprint density at radius 3 is 2.88 bits per heavy atom. The second-order valence-electron chi connectivity index (χ2n) is 4.26. The highest BCUT2D eigenvalue weighted by molar-refractivity contribution is 6.20. The van der Waals surface area contributed by atoms with Gasteiger partial charge in [-0.15, -0.1) is 11.6 Å². The third-order valence-electron chi connectivity index (χ3n) is 2.29. The molecule has 1 rings (SSSR count). The van der Waals surface area contributed by atoms with Gasteiger partial charge in [-0.05, 0) is 38.8 Å². The summed E-state index contributed by atoms with van der Waals surface area (Å²) in [5.74, 6) is 1.61. The van der Waals surface area contributed by atoms with E-state index in [0.29, 0.717) is 6.61 Å². The van der Waals surface area contributed by atoms with Gasteiger partial charge < -0.3 is 10.1 Å². The van der Waals surface area contributed by atoms with Crippen LogP contribution in [0.2, 0.25) is 0 Å². The number of halogens is 1. The molecule has 1 heterocycles. The summed E-state index contributed by atoms with van der Waals surface area (Å²) < 4.78 is 5.63. The molecular formula is C13H21ClN2O. The van der Waals surface area contributed by atoms with Crippen molar-refractivity contribution in [2.75, 3.05) is 11.9 Å². The topological polar surface area (TPSA) is 34.1 Å². The van der Waals surface area contributed by atoms with Crippen molar-refractivity contribution in [3.05, 3.63) is 18.3 Å². The highest BCUT2D eigenvalue weighted by Gasteiger charge is 2.10. The van der Waals surface area contributed by atoms with Crippen molar-refractivity contribution < 1.29 is 4.74 Å². The summed E-state index contributed by atoms with van der Waals surface area (Å²) in [6, 6.07) is 4.09. The lowest BCUT2D eigenvalue weighted by Gasteiger charge is -2.18. The Hall–Kier alpha value is -0.960. The van der Waals surface area contributed by atoms with Gasteiger partial charge in [0.1, 0.15) is 0 Å². The molecule has 0 aliphatic carbocycles. The molecule has 0 bridgehead atoms. The van der Waals surface area contributed by atoms with Crippen LogP contribution in [-0.2, 0) is 0 Å². The van der Waals surface area contributed by atoms with Crippen molar-refractivity contribution in [1.82, 2.24) is 4.98 Å². The van der Waals surface area contributed by atoms with E-state index in [1.807, 2.05) is 19.1 Å². The van der Waals surface area contributed by atoms with Crippen molar-refractivity contribution in [2.45, 2.75) is 45.0 Å². The second kappa shape index (κ2) is 7.38. The molecule has 0 amide bonds. The fourth-order valence-corrected chi connectivity index (χ4v) is 1.87. The number of nitrogens with one attached hydrogen (secondary N) is 1. The van der Waals surface area contributed by atoms with Gasteiger partial charge in [0.15, 0.2) is 11.6 Å². The fourth-order valence-electron chi connectivity index (χ4n) is 1.61. The predicted molar refractivity (Wildman–Crippen MR) is 73.0 cm³/mol. The van der Waals surface area contributed by atoms with E-state index in [4.69, 9.17) is 16.3 Å². The molecule has 0 spiro atoms. The third-order valence-corrected chi connectivity index (χ3v) is 2.47. The summed E-state index contributed by atoms with van der Waals surface area (Å²) in [5, 5.41) is 3.48. The largest absolute Gasteiger partial charge is 0.490 e. The molecule has 0 radical (unpaired) electrons. The Balaban J connectivity index is 2.62. The summed E-state index contributed by atoms with van der Waals surface area (Å²) in [4.78, 5) is 4.30. The monoisotopic (exact) mass is 256 g/mol. The van der Waals surface area contributed by atoms with Gasteiger partial charge in [0, 0.05) is 17.6 Å². The Morgan fingerprint density at radius 1 is 1.47 bits per heavy atom. The first-order valence-corrected chi connectivity index (χ1v) is 6.55. The van der Waals surface area contributed by atoms with Crippen LogP contribution in [0.5, 0.6) is 5.75 Å². The lowest BCUT2D eigenvalue weighted by molar-refractivity contribution is 0.317. The number of alkyl halides is 1. The molecule has 0 aliphatic heterocycles. The molecule has 2 atom stereocenters. The first-order valence-electron chi connectivity index (χ1n) is 6.12. The highest BCUT2D eigenvalue weighted by atomic mass is 35.5. The highest BCUT2D eigenvalue weighted by Crippen LogP contribution is 2.22. The van der Waals surface area contributed by atoms with E-state index < -0.39 is 0 Å². The van der Waals surface area contributed by atoms with Crippen molar-refractivity contribution in [1.29, 1.82) is 0 Å². The van der Waals surface area contributed by atoms with Crippen molar-refractivity contribution in [2.24, 2.45) is 0 Å². The first-order chi connectivity index (χ1) is 8.13. The molecule has 1 aromatic heterocycles. The van der Waals surface area contributed by atoms with Crippen LogP contribution < -0.4 is 10.1 Å². The maximum Gasteiger partial charge on any atom is 0.168 e. The number of ether oxygens (including phenoxy) is 1. The minimum Gasteiger partial charge on any atom is -0.490 e. The van der Waals surface area contributed by atoms with Crippen LogP contribution in [0, 0.1) is 0 Å². The van der Waals surface area contributed by atoms with Crippen LogP contribution in [0.4, 0.5) is 5.82 Å². The zero-order chi connectivity index (χ0) is 12.7. The van der Waals surface area contributed by atoms with Gasteiger partial charge in [-0.1, -0.05) is 6.92 Å². The van der Waals surface area contributed by atoms with Crippen LogP contribution in [-0.4, -0.2) is 23.0 Å². The minimum absolute atomic E-state index is 0.154. The van der Waals surface area contributed by atoms with Crippen LogP contribution >= 0.6 is 11.6 Å². The molecular weight excluding hydrogens is 236 g/mol. The number of rotatable bonds is 7. The van der Waals surface area contributed by atoms with Gasteiger partial charge in [0.25, 0.3) is 0 Å². The summed E-state index contributed by atoms with van der Waals surface area (Å²) in [6.45, 7) is 6.88. The van der Waals surface area contributed by atoms with E-state index in [-0.39, 0.29) is 11.4 Å². The lowest BCUT2D eigenvalue weighted by atomic mass is 10.2. The fraction of sp³-hybridized carbons (Fsp3) is 0.615. The van der Waals surface area contributed by atoms with Gasteiger partial charge in [-0.3, -0.25) is 0 Å². The van der Waals surface area contributed by atoms with Crippen molar-refractivity contribution in [3.63, 3.8) is 0 Å². The molecule has 1 aromatic rings. The molecule has 0 saturated carbocycles. The van der Waals surface area contributed by atoms with Gasteiger partial charge in [0.2, 0.25) is 0 Å². The normalized spacial score (nSPS) is 14.1. The van der Waals surface area contributed by atoms with E-state index in [0.717, 1.165) is 24.4 Å². The molecule has 4 heteroatoms. The molecule has 17 heavy (non-hydrogen) atoms. The van der Waals surface area contributed by atoms with E-state index in [1.54, 1.807) is 6.20 Å². The SMILES string of the molecule is CCCOc1cccnc1NC(C)CC(C)Cl. The van der Waals surface area contributed by atoms with E-state index in [1.165, 1.54) is 0 Å². The van der Waals surface area contributed by atoms with Crippen LogP contribution in [0.1, 0.15) is 33.6 Å². The van der Waals surface area contributed by atoms with E-state index in [2.05, 4.69) is 24.1 Å². The zero-order valence-electron chi connectivity index (χ0n) is 10.7. The van der Waals surface area contributed by atoms with Gasteiger partial charge >= 0.3 is 0 Å². The Morgan fingerprint density at radius 2 is 2.24 bits per heavy atom. The third kappa shape index (κ3) is 5.26. The van der Waals surface area contributed by atoms with E-state index in [9.17, 15) is 0 Å². The number of pyridine rings is 1. The molecule has 0 saturated heterocycles. The van der Waals surface area contributed by atoms with Gasteiger partial charge in [-0.25, -0.2) is 4.98 Å². The number of hydrogen-bond acceptors (Lipinski definition) is 3.